The standard InChI is InChI=1S/C47H90O6/c1-5-8-10-12-14-15-16-17-18-19-23-27-31-35-39-46(49)52-42-44(41-51-45(48)38-34-30-25-13-11-9-6-2)53-47(50)40-36-32-28-24-21-20-22-26-29-33-37-43(4)7-3/h43-44H,5-42H2,1-4H3/t43?,44-/m0/s1. The molecule has 0 rings (SSSR count). The number of ether oxygens (including phenoxy) is 3. The van der Waals surface area contributed by atoms with Gasteiger partial charge >= 0.3 is 17.9 Å². The van der Waals surface area contributed by atoms with E-state index in [2.05, 4.69) is 27.7 Å². The van der Waals surface area contributed by atoms with Crippen LogP contribution >= 0.6 is 0 Å². The molecule has 0 N–H and O–H groups in total. The lowest BCUT2D eigenvalue weighted by atomic mass is 9.99. The molecular formula is C47H90O6. The third kappa shape index (κ3) is 39.9. The van der Waals surface area contributed by atoms with E-state index in [0.717, 1.165) is 63.7 Å². The van der Waals surface area contributed by atoms with Crippen molar-refractivity contribution in [1.82, 2.24) is 0 Å². The summed E-state index contributed by atoms with van der Waals surface area (Å²) in [6.45, 7) is 8.99. The van der Waals surface area contributed by atoms with Gasteiger partial charge in [0.05, 0.1) is 0 Å². The molecule has 0 fully saturated rings. The van der Waals surface area contributed by atoms with Crippen molar-refractivity contribution in [3.05, 3.63) is 0 Å². The van der Waals surface area contributed by atoms with Crippen molar-refractivity contribution >= 4 is 17.9 Å². The van der Waals surface area contributed by atoms with Crippen LogP contribution in [0.1, 0.15) is 259 Å². The van der Waals surface area contributed by atoms with E-state index in [1.807, 2.05) is 0 Å². The van der Waals surface area contributed by atoms with Crippen LogP contribution in [0.2, 0.25) is 0 Å². The van der Waals surface area contributed by atoms with Gasteiger partial charge in [0.15, 0.2) is 6.10 Å². The Morgan fingerprint density at radius 2 is 0.660 bits per heavy atom. The highest BCUT2D eigenvalue weighted by molar-refractivity contribution is 5.71. The van der Waals surface area contributed by atoms with Crippen LogP contribution in [0.5, 0.6) is 0 Å². The maximum Gasteiger partial charge on any atom is 0.306 e. The summed E-state index contributed by atoms with van der Waals surface area (Å²) >= 11 is 0. The van der Waals surface area contributed by atoms with Gasteiger partial charge in [0, 0.05) is 19.3 Å². The van der Waals surface area contributed by atoms with E-state index in [4.69, 9.17) is 14.2 Å². The maximum atomic E-state index is 12.7. The van der Waals surface area contributed by atoms with Crippen molar-refractivity contribution < 1.29 is 28.6 Å². The first-order valence-corrected chi connectivity index (χ1v) is 23.4. The Balaban J connectivity index is 4.26. The number of rotatable bonds is 42. The molecule has 0 amide bonds. The maximum absolute atomic E-state index is 12.7. The van der Waals surface area contributed by atoms with Crippen LogP contribution in [-0.2, 0) is 28.6 Å². The molecule has 0 aromatic heterocycles. The number of carbonyl (C=O) groups is 3. The monoisotopic (exact) mass is 751 g/mol. The van der Waals surface area contributed by atoms with Gasteiger partial charge in [0.1, 0.15) is 13.2 Å². The summed E-state index contributed by atoms with van der Waals surface area (Å²) in [7, 11) is 0. The van der Waals surface area contributed by atoms with Crippen molar-refractivity contribution in [3.8, 4) is 0 Å². The van der Waals surface area contributed by atoms with Crippen molar-refractivity contribution in [2.45, 2.75) is 265 Å². The van der Waals surface area contributed by atoms with Gasteiger partial charge in [-0.25, -0.2) is 0 Å². The molecule has 0 spiro atoms. The summed E-state index contributed by atoms with van der Waals surface area (Å²) in [5.41, 5.74) is 0. The van der Waals surface area contributed by atoms with Crippen LogP contribution in [0.25, 0.3) is 0 Å². The van der Waals surface area contributed by atoms with Gasteiger partial charge < -0.3 is 14.2 Å². The minimum atomic E-state index is -0.758. The van der Waals surface area contributed by atoms with E-state index in [-0.39, 0.29) is 31.1 Å². The fourth-order valence-corrected chi connectivity index (χ4v) is 6.95. The molecule has 6 heteroatoms. The Kier molecular flexibility index (Phi) is 40.3. The predicted octanol–water partition coefficient (Wildman–Crippen LogP) is 14.7. The fraction of sp³-hybridized carbons (Fsp3) is 0.936. The van der Waals surface area contributed by atoms with Crippen LogP contribution in [0, 0.1) is 5.92 Å². The van der Waals surface area contributed by atoms with Gasteiger partial charge in [-0.1, -0.05) is 220 Å². The molecule has 0 bridgehead atoms. The van der Waals surface area contributed by atoms with Crippen molar-refractivity contribution in [3.63, 3.8) is 0 Å². The van der Waals surface area contributed by atoms with Crippen LogP contribution in [0.15, 0.2) is 0 Å². The summed E-state index contributed by atoms with van der Waals surface area (Å²) in [4.78, 5) is 37.6. The van der Waals surface area contributed by atoms with E-state index in [1.54, 1.807) is 0 Å². The lowest BCUT2D eigenvalue weighted by Gasteiger charge is -2.18. The third-order valence-corrected chi connectivity index (χ3v) is 10.9. The van der Waals surface area contributed by atoms with Crippen LogP contribution < -0.4 is 0 Å². The molecule has 0 radical (unpaired) electrons. The van der Waals surface area contributed by atoms with E-state index in [0.29, 0.717) is 19.3 Å². The first-order chi connectivity index (χ1) is 25.9. The Morgan fingerprint density at radius 1 is 0.377 bits per heavy atom. The summed E-state index contributed by atoms with van der Waals surface area (Å²) in [6.07, 6.45) is 40.9. The van der Waals surface area contributed by atoms with E-state index >= 15 is 0 Å². The minimum Gasteiger partial charge on any atom is -0.462 e. The Hall–Kier alpha value is -1.59. The van der Waals surface area contributed by atoms with E-state index < -0.39 is 6.10 Å². The quantitative estimate of drug-likeness (QED) is 0.0351. The van der Waals surface area contributed by atoms with Gasteiger partial charge in [-0.2, -0.15) is 0 Å². The zero-order valence-electron chi connectivity index (χ0n) is 36.0. The number of carbonyl (C=O) groups excluding carboxylic acids is 3. The first-order valence-electron chi connectivity index (χ1n) is 23.4. The largest absolute Gasteiger partial charge is 0.462 e. The predicted molar refractivity (Wildman–Crippen MR) is 224 cm³/mol. The molecule has 1 unspecified atom stereocenters. The molecule has 2 atom stereocenters. The number of hydrogen-bond acceptors (Lipinski definition) is 6. The zero-order chi connectivity index (χ0) is 38.9. The van der Waals surface area contributed by atoms with E-state index in [9.17, 15) is 14.4 Å². The van der Waals surface area contributed by atoms with Gasteiger partial charge in [-0.15, -0.1) is 0 Å². The summed E-state index contributed by atoms with van der Waals surface area (Å²) in [5, 5.41) is 0. The smallest absolute Gasteiger partial charge is 0.306 e. The van der Waals surface area contributed by atoms with Crippen LogP contribution in [0.3, 0.4) is 0 Å². The third-order valence-electron chi connectivity index (χ3n) is 10.9. The fourth-order valence-electron chi connectivity index (χ4n) is 6.95. The highest BCUT2D eigenvalue weighted by Crippen LogP contribution is 2.17. The molecular weight excluding hydrogens is 661 g/mol. The summed E-state index contributed by atoms with van der Waals surface area (Å²) < 4.78 is 16.7. The Labute approximate surface area is 329 Å². The van der Waals surface area contributed by atoms with Gasteiger partial charge in [-0.3, -0.25) is 14.4 Å². The van der Waals surface area contributed by atoms with Crippen molar-refractivity contribution in [2.75, 3.05) is 13.2 Å². The second-order valence-corrected chi connectivity index (χ2v) is 16.3. The lowest BCUT2D eigenvalue weighted by Crippen LogP contribution is -2.30. The topological polar surface area (TPSA) is 78.9 Å². The van der Waals surface area contributed by atoms with Gasteiger partial charge in [0.2, 0.25) is 0 Å². The highest BCUT2D eigenvalue weighted by Gasteiger charge is 2.19. The average Bonchev–Trinajstić information content (AvgIpc) is 3.15. The normalized spacial score (nSPS) is 12.5. The number of hydrogen-bond donors (Lipinski definition) is 0. The molecule has 6 nitrogen and oxygen atoms in total. The first kappa shape index (κ1) is 51.4. The Morgan fingerprint density at radius 3 is 0.981 bits per heavy atom. The molecule has 0 heterocycles. The summed E-state index contributed by atoms with van der Waals surface area (Å²) in [5.74, 6) is 0.00905. The molecule has 0 aromatic carbocycles. The van der Waals surface area contributed by atoms with Crippen molar-refractivity contribution in [2.24, 2.45) is 5.92 Å². The molecule has 314 valence electrons. The lowest BCUT2D eigenvalue weighted by molar-refractivity contribution is -0.167. The molecule has 0 aliphatic rings. The van der Waals surface area contributed by atoms with Crippen molar-refractivity contribution in [1.29, 1.82) is 0 Å². The highest BCUT2D eigenvalue weighted by atomic mass is 16.6. The second kappa shape index (κ2) is 41.6. The Bertz CT molecular complexity index is 798. The van der Waals surface area contributed by atoms with Crippen LogP contribution in [-0.4, -0.2) is 37.2 Å². The summed E-state index contributed by atoms with van der Waals surface area (Å²) in [6, 6.07) is 0. The molecule has 0 saturated carbocycles. The molecule has 0 aromatic rings. The molecule has 0 aliphatic heterocycles. The van der Waals surface area contributed by atoms with Crippen LogP contribution in [0.4, 0.5) is 0 Å². The number of esters is 3. The van der Waals surface area contributed by atoms with E-state index in [1.165, 1.54) is 154 Å². The molecule has 53 heavy (non-hydrogen) atoms. The average molecular weight is 751 g/mol. The molecule has 0 aliphatic carbocycles. The van der Waals surface area contributed by atoms with Gasteiger partial charge in [-0.05, 0) is 25.2 Å². The molecule has 0 saturated heterocycles. The number of unbranched alkanes of at least 4 members (excludes halogenated alkanes) is 28. The SMILES string of the molecule is CCCCCCCCCCCCCCCCC(=O)OC[C@H](COC(=O)CCCCCCCCC)OC(=O)CCCCCCCCCCCCC(C)CC. The van der Waals surface area contributed by atoms with Gasteiger partial charge in [0.25, 0.3) is 0 Å². The minimum absolute atomic E-state index is 0.0640. The second-order valence-electron chi connectivity index (χ2n) is 16.3. The zero-order valence-corrected chi connectivity index (χ0v) is 36.0.